The monoisotopic (exact) mass is 214 g/mol. The molecule has 0 aromatic heterocycles. The van der Waals surface area contributed by atoms with Crippen LogP contribution in [0.5, 0.6) is 0 Å². The highest BCUT2D eigenvalue weighted by Gasteiger charge is 2.51. The van der Waals surface area contributed by atoms with Gasteiger partial charge in [0, 0.05) is 12.2 Å². The molecule has 1 unspecified atom stereocenters. The van der Waals surface area contributed by atoms with Crippen molar-refractivity contribution in [3.05, 3.63) is 0 Å². The van der Waals surface area contributed by atoms with Gasteiger partial charge in [0.05, 0.1) is 0 Å². The Hall–Kier alpha value is -0.710. The fourth-order valence-electron chi connectivity index (χ4n) is 2.04. The van der Waals surface area contributed by atoms with Crippen LogP contribution < -0.4 is 5.73 Å². The number of aliphatic imine (C=N–C) groups is 1. The second kappa shape index (κ2) is 2.89. The molecule has 1 saturated heterocycles. The maximum atomic E-state index is 11.6. The third-order valence-electron chi connectivity index (χ3n) is 2.49. The largest absolute Gasteiger partial charge is 0.447 e. The molecule has 0 aromatic carbocycles. The van der Waals surface area contributed by atoms with E-state index in [-0.39, 0.29) is 17.3 Å². The van der Waals surface area contributed by atoms with Crippen molar-refractivity contribution in [3.63, 3.8) is 0 Å². The van der Waals surface area contributed by atoms with Crippen molar-refractivity contribution in [2.75, 3.05) is 11.5 Å². The molecule has 0 aliphatic carbocycles. The van der Waals surface area contributed by atoms with E-state index in [1.54, 1.807) is 11.8 Å². The van der Waals surface area contributed by atoms with Crippen LogP contribution in [0.3, 0.4) is 0 Å². The molecule has 0 saturated carbocycles. The van der Waals surface area contributed by atoms with Crippen LogP contribution in [0.1, 0.15) is 20.3 Å². The van der Waals surface area contributed by atoms with Crippen LogP contribution in [0.25, 0.3) is 0 Å². The summed E-state index contributed by atoms with van der Waals surface area (Å²) in [5.74, 6) is 1.50. The van der Waals surface area contributed by atoms with Crippen molar-refractivity contribution in [1.29, 1.82) is 0 Å². The predicted octanol–water partition coefficient (Wildman–Crippen LogP) is 0.760. The van der Waals surface area contributed by atoms with E-state index in [9.17, 15) is 4.79 Å². The Labute approximate surface area is 87.3 Å². The Balaban J connectivity index is 2.22. The molecule has 0 aromatic rings. The standard InChI is InChI=1S/C9H14N2O2S/c1-8(2)3-9(5-14-4-8)6(12)11-7(10)13-9/h3-5H2,1-2H3,(H2,10,11,12). The number of amidine groups is 1. The highest BCUT2D eigenvalue weighted by molar-refractivity contribution is 7.99. The first kappa shape index (κ1) is 9.83. The van der Waals surface area contributed by atoms with Gasteiger partial charge in [-0.25, -0.2) is 0 Å². The quantitative estimate of drug-likeness (QED) is 0.646. The number of hydrogen-bond donors (Lipinski definition) is 1. The van der Waals surface area contributed by atoms with E-state index >= 15 is 0 Å². The fourth-order valence-corrected chi connectivity index (χ4v) is 3.41. The summed E-state index contributed by atoms with van der Waals surface area (Å²) in [6, 6.07) is 0.0216. The summed E-state index contributed by atoms with van der Waals surface area (Å²) in [5, 5.41) is 0. The van der Waals surface area contributed by atoms with Crippen LogP contribution in [-0.4, -0.2) is 29.0 Å². The summed E-state index contributed by atoms with van der Waals surface area (Å²) in [7, 11) is 0. The van der Waals surface area contributed by atoms with E-state index in [1.807, 2.05) is 0 Å². The molecule has 14 heavy (non-hydrogen) atoms. The minimum Gasteiger partial charge on any atom is -0.447 e. The Morgan fingerprint density at radius 2 is 2.21 bits per heavy atom. The molecule has 1 atom stereocenters. The van der Waals surface area contributed by atoms with Gasteiger partial charge in [0.1, 0.15) is 0 Å². The highest BCUT2D eigenvalue weighted by atomic mass is 32.2. The molecule has 1 amide bonds. The second-order valence-electron chi connectivity index (χ2n) is 4.69. The average Bonchev–Trinajstić information content (AvgIpc) is 2.24. The van der Waals surface area contributed by atoms with Crippen molar-refractivity contribution < 1.29 is 9.53 Å². The zero-order valence-electron chi connectivity index (χ0n) is 8.37. The number of carbonyl (C=O) groups is 1. The summed E-state index contributed by atoms with van der Waals surface area (Å²) in [5.41, 5.74) is 4.76. The summed E-state index contributed by atoms with van der Waals surface area (Å²) >= 11 is 1.73. The van der Waals surface area contributed by atoms with E-state index in [1.165, 1.54) is 0 Å². The van der Waals surface area contributed by atoms with Crippen molar-refractivity contribution in [1.82, 2.24) is 0 Å². The number of nitrogens with two attached hydrogens (primary N) is 1. The van der Waals surface area contributed by atoms with Gasteiger partial charge in [-0.05, 0) is 11.2 Å². The van der Waals surface area contributed by atoms with E-state index in [0.29, 0.717) is 12.2 Å². The van der Waals surface area contributed by atoms with Gasteiger partial charge in [-0.15, -0.1) is 0 Å². The lowest BCUT2D eigenvalue weighted by molar-refractivity contribution is -0.131. The molecule has 4 nitrogen and oxygen atoms in total. The smallest absolute Gasteiger partial charge is 0.295 e. The first-order chi connectivity index (χ1) is 6.44. The lowest BCUT2D eigenvalue weighted by Gasteiger charge is -2.39. The Morgan fingerprint density at radius 3 is 2.71 bits per heavy atom. The summed E-state index contributed by atoms with van der Waals surface area (Å²) < 4.78 is 5.40. The molecular formula is C9H14N2O2S. The van der Waals surface area contributed by atoms with Crippen LogP contribution in [0.2, 0.25) is 0 Å². The van der Waals surface area contributed by atoms with Gasteiger partial charge in [0.2, 0.25) is 5.60 Å². The first-order valence-corrected chi connectivity index (χ1v) is 5.74. The third-order valence-corrected chi connectivity index (χ3v) is 4.15. The van der Waals surface area contributed by atoms with Gasteiger partial charge in [0.15, 0.2) is 0 Å². The topological polar surface area (TPSA) is 64.7 Å². The van der Waals surface area contributed by atoms with Gasteiger partial charge in [0.25, 0.3) is 11.9 Å². The van der Waals surface area contributed by atoms with Crippen molar-refractivity contribution in [3.8, 4) is 0 Å². The number of carbonyl (C=O) groups excluding carboxylic acids is 1. The molecule has 2 N–H and O–H groups in total. The number of amides is 1. The molecule has 5 heteroatoms. The number of nitrogens with zero attached hydrogens (tertiary/aromatic N) is 1. The van der Waals surface area contributed by atoms with Gasteiger partial charge in [-0.1, -0.05) is 13.8 Å². The summed E-state index contributed by atoms with van der Waals surface area (Å²) in [6.45, 7) is 4.26. The predicted molar refractivity (Wildman–Crippen MR) is 56.2 cm³/mol. The van der Waals surface area contributed by atoms with Gasteiger partial charge >= 0.3 is 0 Å². The first-order valence-electron chi connectivity index (χ1n) is 4.59. The minimum atomic E-state index is -0.767. The van der Waals surface area contributed by atoms with Crippen molar-refractivity contribution in [2.24, 2.45) is 16.1 Å². The molecule has 2 aliphatic rings. The van der Waals surface area contributed by atoms with Crippen molar-refractivity contribution >= 4 is 23.7 Å². The van der Waals surface area contributed by atoms with E-state index in [0.717, 1.165) is 5.75 Å². The summed E-state index contributed by atoms with van der Waals surface area (Å²) in [4.78, 5) is 15.3. The Bertz CT molecular complexity index is 314. The van der Waals surface area contributed by atoms with Gasteiger partial charge in [-0.2, -0.15) is 16.8 Å². The molecule has 2 rings (SSSR count). The highest BCUT2D eigenvalue weighted by Crippen LogP contribution is 2.43. The number of ether oxygens (including phenoxy) is 1. The summed E-state index contributed by atoms with van der Waals surface area (Å²) in [6.07, 6.45) is 0.704. The number of rotatable bonds is 0. The molecule has 0 bridgehead atoms. The Morgan fingerprint density at radius 1 is 1.50 bits per heavy atom. The normalized spacial score (nSPS) is 35.6. The van der Waals surface area contributed by atoms with Crippen LogP contribution in [0.15, 0.2) is 4.99 Å². The zero-order chi connectivity index (χ0) is 10.4. The number of hydrogen-bond acceptors (Lipinski definition) is 4. The Kier molecular flexibility index (Phi) is 2.03. The number of thioether (sulfide) groups is 1. The van der Waals surface area contributed by atoms with Crippen LogP contribution in [0.4, 0.5) is 0 Å². The van der Waals surface area contributed by atoms with E-state index in [2.05, 4.69) is 18.8 Å². The minimum absolute atomic E-state index is 0.0216. The second-order valence-corrected chi connectivity index (χ2v) is 5.67. The van der Waals surface area contributed by atoms with Gasteiger partial charge in [-0.3, -0.25) is 4.79 Å². The van der Waals surface area contributed by atoms with Crippen molar-refractivity contribution in [2.45, 2.75) is 25.9 Å². The van der Waals surface area contributed by atoms with E-state index in [4.69, 9.17) is 10.5 Å². The average molecular weight is 214 g/mol. The molecule has 2 heterocycles. The van der Waals surface area contributed by atoms with E-state index < -0.39 is 5.60 Å². The molecule has 0 radical (unpaired) electrons. The maximum absolute atomic E-state index is 11.6. The molecule has 1 fully saturated rings. The SMILES string of the molecule is CC1(C)CSCC2(C1)OC(N)=NC2=O. The fraction of sp³-hybridized carbons (Fsp3) is 0.778. The molecule has 1 spiro atoms. The van der Waals surface area contributed by atoms with Gasteiger partial charge < -0.3 is 10.5 Å². The molecular weight excluding hydrogens is 200 g/mol. The molecule has 2 aliphatic heterocycles. The molecule has 78 valence electrons. The maximum Gasteiger partial charge on any atom is 0.295 e. The zero-order valence-corrected chi connectivity index (χ0v) is 9.19. The van der Waals surface area contributed by atoms with Crippen LogP contribution in [0, 0.1) is 5.41 Å². The van der Waals surface area contributed by atoms with Crippen LogP contribution >= 0.6 is 11.8 Å². The lowest BCUT2D eigenvalue weighted by Crippen LogP contribution is -2.48. The van der Waals surface area contributed by atoms with Crippen LogP contribution in [-0.2, 0) is 9.53 Å². The lowest BCUT2D eigenvalue weighted by atomic mass is 9.81. The third kappa shape index (κ3) is 1.49.